The van der Waals surface area contributed by atoms with Crippen LogP contribution in [0.1, 0.15) is 51.4 Å². The first kappa shape index (κ1) is 12.3. The highest BCUT2D eigenvalue weighted by Crippen LogP contribution is 2.49. The van der Waals surface area contributed by atoms with E-state index in [1.165, 1.54) is 44.9 Å². The molecule has 2 nitrogen and oxygen atoms in total. The monoisotopic (exact) mass is 241 g/mol. The van der Waals surface area contributed by atoms with Crippen molar-refractivity contribution in [3.05, 3.63) is 0 Å². The first-order valence-corrected chi connectivity index (χ1v) is 7.17. The number of carbonyl (C=O) groups is 1. The summed E-state index contributed by atoms with van der Waals surface area (Å²) in [6.07, 6.45) is 9.45. The summed E-state index contributed by atoms with van der Waals surface area (Å²) in [6, 6.07) is 0.511. The summed E-state index contributed by atoms with van der Waals surface area (Å²) in [7, 11) is 1.99. The molecule has 0 heterocycles. The van der Waals surface area contributed by atoms with Crippen LogP contribution < -0.4 is 0 Å². The maximum Gasteiger partial charge on any atom is 0.223 e. The molecule has 0 atom stereocenters. The molecule has 0 spiro atoms. The van der Waals surface area contributed by atoms with Crippen LogP contribution in [0.15, 0.2) is 0 Å². The first-order chi connectivity index (χ1) is 7.67. The van der Waals surface area contributed by atoms with Gasteiger partial charge < -0.3 is 4.90 Å². The van der Waals surface area contributed by atoms with Crippen LogP contribution in [0, 0.1) is 5.41 Å². The summed E-state index contributed by atoms with van der Waals surface area (Å²) >= 11 is 4.36. The summed E-state index contributed by atoms with van der Waals surface area (Å²) in [5, 5.41) is 0. The van der Waals surface area contributed by atoms with Gasteiger partial charge in [-0.25, -0.2) is 0 Å². The molecule has 16 heavy (non-hydrogen) atoms. The molecule has 0 aromatic heterocycles. The summed E-state index contributed by atoms with van der Waals surface area (Å²) in [5.74, 6) is 1.22. The van der Waals surface area contributed by atoms with Crippen LogP contribution >= 0.6 is 12.6 Å². The quantitative estimate of drug-likeness (QED) is 0.750. The average Bonchev–Trinajstić information content (AvgIpc) is 3.09. The molecule has 0 radical (unpaired) electrons. The molecule has 2 aliphatic rings. The van der Waals surface area contributed by atoms with E-state index in [0.29, 0.717) is 11.9 Å². The second-order valence-corrected chi connectivity index (χ2v) is 5.95. The van der Waals surface area contributed by atoms with Gasteiger partial charge in [0, 0.05) is 19.5 Å². The van der Waals surface area contributed by atoms with E-state index in [0.717, 1.165) is 12.2 Å². The Morgan fingerprint density at radius 2 is 1.94 bits per heavy atom. The minimum Gasteiger partial charge on any atom is -0.343 e. The van der Waals surface area contributed by atoms with Gasteiger partial charge in [0.15, 0.2) is 0 Å². The summed E-state index contributed by atoms with van der Waals surface area (Å²) in [4.78, 5) is 14.2. The Kier molecular flexibility index (Phi) is 3.83. The van der Waals surface area contributed by atoms with Crippen molar-refractivity contribution in [2.45, 2.75) is 57.4 Å². The third-order valence-electron chi connectivity index (χ3n) is 4.33. The number of thiol groups is 1. The van der Waals surface area contributed by atoms with Crippen molar-refractivity contribution in [2.24, 2.45) is 5.41 Å². The second kappa shape index (κ2) is 4.99. The highest BCUT2D eigenvalue weighted by Gasteiger charge is 2.43. The predicted octanol–water partition coefficient (Wildman–Crippen LogP) is 2.88. The topological polar surface area (TPSA) is 20.3 Å². The Morgan fingerprint density at radius 3 is 2.44 bits per heavy atom. The van der Waals surface area contributed by atoms with E-state index in [1.54, 1.807) is 0 Å². The molecule has 0 unspecified atom stereocenters. The fourth-order valence-corrected chi connectivity index (χ4v) is 3.11. The molecule has 92 valence electrons. The van der Waals surface area contributed by atoms with Crippen molar-refractivity contribution in [1.29, 1.82) is 0 Å². The number of rotatable bonds is 4. The first-order valence-electron chi connectivity index (χ1n) is 6.53. The number of hydrogen-bond donors (Lipinski definition) is 1. The maximum absolute atomic E-state index is 12.1. The lowest BCUT2D eigenvalue weighted by atomic mass is 9.93. The van der Waals surface area contributed by atoms with E-state index in [4.69, 9.17) is 0 Å². The molecule has 2 aliphatic carbocycles. The van der Waals surface area contributed by atoms with Crippen molar-refractivity contribution in [1.82, 2.24) is 4.90 Å². The standard InChI is InChI=1S/C13H23NOS/c1-14(11-5-3-2-4-6-11)12(15)9-13(10-16)7-8-13/h11,16H,2-10H2,1H3. The van der Waals surface area contributed by atoms with Crippen molar-refractivity contribution in [2.75, 3.05) is 12.8 Å². The van der Waals surface area contributed by atoms with Crippen molar-refractivity contribution < 1.29 is 4.79 Å². The largest absolute Gasteiger partial charge is 0.343 e. The van der Waals surface area contributed by atoms with Crippen molar-refractivity contribution in [3.8, 4) is 0 Å². The van der Waals surface area contributed by atoms with Gasteiger partial charge in [0.1, 0.15) is 0 Å². The van der Waals surface area contributed by atoms with Gasteiger partial charge in [0.05, 0.1) is 0 Å². The zero-order valence-electron chi connectivity index (χ0n) is 10.2. The Labute approximate surface area is 104 Å². The fraction of sp³-hybridized carbons (Fsp3) is 0.923. The molecule has 0 N–H and O–H groups in total. The fourth-order valence-electron chi connectivity index (χ4n) is 2.69. The van der Waals surface area contributed by atoms with Gasteiger partial charge in [-0.3, -0.25) is 4.79 Å². The summed E-state index contributed by atoms with van der Waals surface area (Å²) in [6.45, 7) is 0. The number of nitrogens with zero attached hydrogens (tertiary/aromatic N) is 1. The molecule has 2 saturated carbocycles. The van der Waals surface area contributed by atoms with Crippen LogP contribution in [0.5, 0.6) is 0 Å². The minimum absolute atomic E-state index is 0.267. The molecular weight excluding hydrogens is 218 g/mol. The van der Waals surface area contributed by atoms with Crippen molar-refractivity contribution in [3.63, 3.8) is 0 Å². The Bertz CT molecular complexity index is 257. The van der Waals surface area contributed by atoms with Gasteiger partial charge in [0.2, 0.25) is 5.91 Å². The Morgan fingerprint density at radius 1 is 1.31 bits per heavy atom. The molecule has 3 heteroatoms. The smallest absolute Gasteiger partial charge is 0.223 e. The predicted molar refractivity (Wildman–Crippen MR) is 69.8 cm³/mol. The lowest BCUT2D eigenvalue weighted by Crippen LogP contribution is -2.39. The molecule has 0 aromatic carbocycles. The van der Waals surface area contributed by atoms with Crippen LogP contribution in [-0.2, 0) is 4.79 Å². The van der Waals surface area contributed by atoms with E-state index >= 15 is 0 Å². The van der Waals surface area contributed by atoms with Gasteiger partial charge in [-0.2, -0.15) is 12.6 Å². The van der Waals surface area contributed by atoms with E-state index < -0.39 is 0 Å². The van der Waals surface area contributed by atoms with Crippen LogP contribution in [0.4, 0.5) is 0 Å². The van der Waals surface area contributed by atoms with E-state index in [-0.39, 0.29) is 5.41 Å². The van der Waals surface area contributed by atoms with E-state index in [2.05, 4.69) is 12.6 Å². The SMILES string of the molecule is CN(C(=O)CC1(CS)CC1)C1CCCCC1. The second-order valence-electron chi connectivity index (χ2n) is 5.63. The van der Waals surface area contributed by atoms with Gasteiger partial charge in [-0.15, -0.1) is 0 Å². The molecule has 0 saturated heterocycles. The molecule has 2 fully saturated rings. The number of hydrogen-bond acceptors (Lipinski definition) is 2. The van der Waals surface area contributed by atoms with Crippen LogP contribution in [-0.4, -0.2) is 29.6 Å². The van der Waals surface area contributed by atoms with E-state index in [1.807, 2.05) is 11.9 Å². The van der Waals surface area contributed by atoms with Gasteiger partial charge >= 0.3 is 0 Å². The number of carbonyl (C=O) groups excluding carboxylic acids is 1. The zero-order chi connectivity index (χ0) is 11.6. The van der Waals surface area contributed by atoms with Crippen LogP contribution in [0.3, 0.4) is 0 Å². The molecule has 0 aromatic rings. The van der Waals surface area contributed by atoms with Gasteiger partial charge in [-0.1, -0.05) is 19.3 Å². The van der Waals surface area contributed by atoms with Crippen molar-refractivity contribution >= 4 is 18.5 Å². The van der Waals surface area contributed by atoms with Gasteiger partial charge in [0.25, 0.3) is 0 Å². The molecular formula is C13H23NOS. The third kappa shape index (κ3) is 2.73. The van der Waals surface area contributed by atoms with Gasteiger partial charge in [-0.05, 0) is 36.9 Å². The minimum atomic E-state index is 0.267. The summed E-state index contributed by atoms with van der Waals surface area (Å²) in [5.41, 5.74) is 0.267. The average molecular weight is 241 g/mol. The van der Waals surface area contributed by atoms with Crippen LogP contribution in [0.25, 0.3) is 0 Å². The molecule has 0 aliphatic heterocycles. The molecule has 1 amide bonds. The third-order valence-corrected chi connectivity index (χ3v) is 5.01. The number of amides is 1. The normalized spacial score (nSPS) is 24.1. The lowest BCUT2D eigenvalue weighted by molar-refractivity contribution is -0.133. The molecule has 2 rings (SSSR count). The lowest BCUT2D eigenvalue weighted by Gasteiger charge is -2.32. The highest BCUT2D eigenvalue weighted by atomic mass is 32.1. The maximum atomic E-state index is 12.1. The zero-order valence-corrected chi connectivity index (χ0v) is 11.1. The van der Waals surface area contributed by atoms with E-state index in [9.17, 15) is 4.79 Å². The van der Waals surface area contributed by atoms with Crippen LogP contribution in [0.2, 0.25) is 0 Å². The highest BCUT2D eigenvalue weighted by molar-refractivity contribution is 7.80. The Hall–Kier alpha value is -0.180. The Balaban J connectivity index is 1.83. The summed E-state index contributed by atoms with van der Waals surface area (Å²) < 4.78 is 0. The molecule has 0 bridgehead atoms.